The topological polar surface area (TPSA) is 67.5 Å². The maximum atomic E-state index is 11.9. The molecule has 28 heavy (non-hydrogen) atoms. The molecule has 1 N–H and O–H groups in total. The second-order valence-corrected chi connectivity index (χ2v) is 8.19. The van der Waals surface area contributed by atoms with Crippen molar-refractivity contribution in [3.05, 3.63) is 81.9 Å². The van der Waals surface area contributed by atoms with Gasteiger partial charge in [0.15, 0.2) is 5.69 Å². The minimum absolute atomic E-state index is 0.0453. The van der Waals surface area contributed by atoms with Gasteiger partial charge >= 0.3 is 5.97 Å². The second kappa shape index (κ2) is 6.60. The van der Waals surface area contributed by atoms with E-state index in [1.807, 2.05) is 73.9 Å². The van der Waals surface area contributed by atoms with Gasteiger partial charge < -0.3 is 5.11 Å². The zero-order valence-electron chi connectivity index (χ0n) is 15.9. The summed E-state index contributed by atoms with van der Waals surface area (Å²) < 4.78 is 1.95. The third-order valence-corrected chi connectivity index (χ3v) is 5.09. The molecule has 2 aromatic carbocycles. The van der Waals surface area contributed by atoms with Crippen LogP contribution in [0.25, 0.3) is 5.69 Å². The van der Waals surface area contributed by atoms with Gasteiger partial charge in [-0.3, -0.25) is 9.56 Å². The van der Waals surface area contributed by atoms with Crippen molar-refractivity contribution < 1.29 is 9.90 Å². The van der Waals surface area contributed by atoms with Crippen LogP contribution in [0.3, 0.4) is 0 Å². The van der Waals surface area contributed by atoms with Crippen molar-refractivity contribution in [3.8, 4) is 5.69 Å². The van der Waals surface area contributed by atoms with Crippen LogP contribution in [0.5, 0.6) is 0 Å². The van der Waals surface area contributed by atoms with Crippen LogP contribution < -0.4 is 0 Å². The van der Waals surface area contributed by atoms with E-state index in [1.54, 1.807) is 0 Å². The molecule has 0 unspecified atom stereocenters. The summed E-state index contributed by atoms with van der Waals surface area (Å²) in [5, 5.41) is 10.3. The summed E-state index contributed by atoms with van der Waals surface area (Å²) in [5.74, 6) is -0.351. The predicted molar refractivity (Wildman–Crippen MR) is 110 cm³/mol. The van der Waals surface area contributed by atoms with E-state index in [9.17, 15) is 9.90 Å². The van der Waals surface area contributed by atoms with E-state index in [4.69, 9.17) is 16.6 Å². The number of halogens is 1. The van der Waals surface area contributed by atoms with Crippen LogP contribution in [0.1, 0.15) is 53.9 Å². The Morgan fingerprint density at radius 2 is 1.71 bits per heavy atom. The lowest BCUT2D eigenvalue weighted by molar-refractivity contribution is 0.0689. The summed E-state index contributed by atoms with van der Waals surface area (Å²) in [7, 11) is 0. The Balaban J connectivity index is 2.06. The van der Waals surface area contributed by atoms with Crippen LogP contribution in [-0.4, -0.2) is 26.3 Å². The molecule has 4 rings (SSSR count). The lowest BCUT2D eigenvalue weighted by atomic mass is 9.94. The molecule has 0 radical (unpaired) electrons. The Labute approximate surface area is 168 Å². The Kier molecular flexibility index (Phi) is 4.35. The summed E-state index contributed by atoms with van der Waals surface area (Å²) in [6.07, 6.45) is 0. The summed E-state index contributed by atoms with van der Waals surface area (Å²) in [6.45, 7) is 6.28. The van der Waals surface area contributed by atoms with Gasteiger partial charge in [-0.2, -0.15) is 0 Å². The number of benzene rings is 2. The van der Waals surface area contributed by atoms with E-state index < -0.39 is 5.97 Å². The quantitative estimate of drug-likeness (QED) is 0.675. The number of imidazole rings is 1. The maximum absolute atomic E-state index is 11.9. The second-order valence-electron chi connectivity index (χ2n) is 7.78. The average Bonchev–Trinajstić information content (AvgIpc) is 2.96. The lowest BCUT2D eigenvalue weighted by Crippen LogP contribution is -2.20. The predicted octanol–water partition coefficient (Wildman–Crippen LogP) is 4.87. The van der Waals surface area contributed by atoms with Crippen LogP contribution in [0.4, 0.5) is 0 Å². The first kappa shape index (κ1) is 18.4. The van der Waals surface area contributed by atoms with Gasteiger partial charge in [0.05, 0.1) is 23.6 Å². The Bertz CT molecular complexity index is 1120. The van der Waals surface area contributed by atoms with Gasteiger partial charge in [-0.1, -0.05) is 68.8 Å². The molecule has 0 saturated carbocycles. The minimum atomic E-state index is -1.05. The molecule has 2 heterocycles. The van der Waals surface area contributed by atoms with Crippen LogP contribution in [0, 0.1) is 0 Å². The minimum Gasteiger partial charge on any atom is -0.476 e. The van der Waals surface area contributed by atoms with E-state index >= 15 is 0 Å². The number of hydrogen-bond acceptors (Lipinski definition) is 3. The van der Waals surface area contributed by atoms with Crippen molar-refractivity contribution >= 4 is 23.3 Å². The van der Waals surface area contributed by atoms with Crippen molar-refractivity contribution in [2.24, 2.45) is 4.99 Å². The maximum Gasteiger partial charge on any atom is 0.356 e. The number of nitrogens with zero attached hydrogens (tertiary/aromatic N) is 3. The van der Waals surface area contributed by atoms with Crippen LogP contribution in [-0.2, 0) is 12.0 Å². The van der Waals surface area contributed by atoms with Gasteiger partial charge in [0, 0.05) is 21.6 Å². The highest BCUT2D eigenvalue weighted by molar-refractivity contribution is 6.35. The average molecular weight is 394 g/mol. The van der Waals surface area contributed by atoms with Crippen molar-refractivity contribution in [1.29, 1.82) is 0 Å². The van der Waals surface area contributed by atoms with Crippen LogP contribution >= 0.6 is 11.6 Å². The van der Waals surface area contributed by atoms with Crippen LogP contribution in [0.15, 0.2) is 53.5 Å². The molecule has 1 aliphatic heterocycles. The normalized spacial score (nSPS) is 13.4. The van der Waals surface area contributed by atoms with Crippen molar-refractivity contribution in [2.45, 2.75) is 32.7 Å². The highest BCUT2D eigenvalue weighted by Crippen LogP contribution is 2.34. The molecular formula is C22H20ClN3O2. The molecule has 142 valence electrons. The molecule has 5 nitrogen and oxygen atoms in total. The first-order chi connectivity index (χ1) is 13.3. The number of fused-ring (bicyclic) bond motifs is 3. The monoisotopic (exact) mass is 393 g/mol. The molecule has 3 aromatic rings. The molecule has 0 atom stereocenters. The van der Waals surface area contributed by atoms with Crippen molar-refractivity contribution in [2.75, 3.05) is 0 Å². The summed E-state index contributed by atoms with van der Waals surface area (Å²) in [4.78, 5) is 21.2. The molecule has 0 fully saturated rings. The highest BCUT2D eigenvalue weighted by Gasteiger charge is 2.32. The molecule has 0 bridgehead atoms. The lowest BCUT2D eigenvalue weighted by Gasteiger charge is -2.22. The molecular weight excluding hydrogens is 374 g/mol. The van der Waals surface area contributed by atoms with E-state index in [2.05, 4.69) is 4.98 Å². The van der Waals surface area contributed by atoms with Gasteiger partial charge in [0.1, 0.15) is 5.82 Å². The van der Waals surface area contributed by atoms with E-state index in [0.717, 1.165) is 22.5 Å². The summed E-state index contributed by atoms with van der Waals surface area (Å²) in [6, 6.07) is 15.4. The van der Waals surface area contributed by atoms with Gasteiger partial charge in [0.2, 0.25) is 0 Å². The Hall–Kier alpha value is -2.92. The molecule has 1 aromatic heterocycles. The zero-order valence-corrected chi connectivity index (χ0v) is 16.7. The number of para-hydroxylation sites is 1. The molecule has 0 amide bonds. The summed E-state index contributed by atoms with van der Waals surface area (Å²) >= 11 is 6.45. The number of carboxylic acid groups (broad SMARTS) is 1. The fourth-order valence-corrected chi connectivity index (χ4v) is 3.75. The van der Waals surface area contributed by atoms with Gasteiger partial charge in [-0.25, -0.2) is 9.78 Å². The Morgan fingerprint density at radius 1 is 1.07 bits per heavy atom. The standard InChI is InChI=1S/C22H20ClN3O2/c1-22(2,3)21-25-19(20(27)28)17-12-24-18(13-8-4-6-10-15(13)23)14-9-5-7-11-16(14)26(17)21/h4-11H,12H2,1-3H3,(H,27,28). The SMILES string of the molecule is CC(C)(C)c1nc(C(=O)O)c2n1-c1ccccc1C(c1ccccc1Cl)=NC2. The number of carbonyl (C=O) groups is 1. The zero-order chi connectivity index (χ0) is 20.1. The third kappa shape index (κ3) is 2.92. The Morgan fingerprint density at radius 3 is 2.36 bits per heavy atom. The van der Waals surface area contributed by atoms with Gasteiger partial charge in [-0.15, -0.1) is 0 Å². The highest BCUT2D eigenvalue weighted by atomic mass is 35.5. The molecule has 0 aliphatic carbocycles. The largest absolute Gasteiger partial charge is 0.476 e. The van der Waals surface area contributed by atoms with Crippen LogP contribution in [0.2, 0.25) is 5.02 Å². The molecule has 0 spiro atoms. The van der Waals surface area contributed by atoms with E-state index in [1.165, 1.54) is 0 Å². The smallest absolute Gasteiger partial charge is 0.356 e. The van der Waals surface area contributed by atoms with E-state index in [0.29, 0.717) is 16.5 Å². The number of aromatic nitrogens is 2. The number of aromatic carboxylic acids is 1. The molecule has 1 aliphatic rings. The fraction of sp³-hybridized carbons (Fsp3) is 0.227. The van der Waals surface area contributed by atoms with E-state index in [-0.39, 0.29) is 17.7 Å². The number of hydrogen-bond donors (Lipinski definition) is 1. The molecule has 6 heteroatoms. The third-order valence-electron chi connectivity index (χ3n) is 4.76. The van der Waals surface area contributed by atoms with Crippen molar-refractivity contribution in [1.82, 2.24) is 9.55 Å². The number of rotatable bonds is 2. The van der Waals surface area contributed by atoms with Gasteiger partial charge in [0.25, 0.3) is 0 Å². The number of aliphatic imine (C=N–C) groups is 1. The molecule has 0 saturated heterocycles. The number of carboxylic acids is 1. The fourth-order valence-electron chi connectivity index (χ4n) is 3.53. The summed E-state index contributed by atoms with van der Waals surface area (Å²) in [5.41, 5.74) is 3.61. The first-order valence-corrected chi connectivity index (χ1v) is 9.41. The first-order valence-electron chi connectivity index (χ1n) is 9.03. The van der Waals surface area contributed by atoms with Crippen molar-refractivity contribution in [3.63, 3.8) is 0 Å². The van der Waals surface area contributed by atoms with Gasteiger partial charge in [-0.05, 0) is 12.1 Å².